The van der Waals surface area contributed by atoms with Gasteiger partial charge in [-0.25, -0.2) is 14.6 Å². The average molecular weight is 377 g/mol. The van der Waals surface area contributed by atoms with Crippen molar-refractivity contribution in [2.45, 2.75) is 26.5 Å². The van der Waals surface area contributed by atoms with Crippen molar-refractivity contribution in [2.75, 3.05) is 11.9 Å². The van der Waals surface area contributed by atoms with Crippen LogP contribution in [0.1, 0.15) is 29.9 Å². The van der Waals surface area contributed by atoms with Crippen LogP contribution in [0.15, 0.2) is 35.7 Å². The minimum absolute atomic E-state index is 0.108. The fourth-order valence-corrected chi connectivity index (χ4v) is 2.53. The van der Waals surface area contributed by atoms with Gasteiger partial charge in [0.25, 0.3) is 0 Å². The second-order valence-electron chi connectivity index (χ2n) is 5.18. The molecule has 26 heavy (non-hydrogen) atoms. The normalized spacial score (nSPS) is 11.3. The molecule has 1 aromatic carbocycles. The van der Waals surface area contributed by atoms with Crippen LogP contribution in [0.2, 0.25) is 0 Å². The summed E-state index contributed by atoms with van der Waals surface area (Å²) in [5.74, 6) is -1.04. The number of hydrogen-bond donors (Lipinski definition) is 2. The summed E-state index contributed by atoms with van der Waals surface area (Å²) in [4.78, 5) is 39.4. The molecule has 0 spiro atoms. The molecule has 1 aromatic heterocycles. The summed E-state index contributed by atoms with van der Waals surface area (Å²) in [7, 11) is 0. The van der Waals surface area contributed by atoms with E-state index < -0.39 is 24.0 Å². The molecular formula is C17H19N3O5S. The van der Waals surface area contributed by atoms with Gasteiger partial charge in [-0.1, -0.05) is 30.3 Å². The molecule has 0 bridgehead atoms. The minimum atomic E-state index is -0.840. The first-order valence-corrected chi connectivity index (χ1v) is 8.78. The van der Waals surface area contributed by atoms with Gasteiger partial charge in [0.15, 0.2) is 10.8 Å². The second-order valence-corrected chi connectivity index (χ2v) is 6.03. The van der Waals surface area contributed by atoms with Crippen molar-refractivity contribution >= 4 is 34.4 Å². The van der Waals surface area contributed by atoms with Gasteiger partial charge in [-0.3, -0.25) is 4.79 Å². The molecule has 8 nitrogen and oxygen atoms in total. The number of amides is 2. The number of benzene rings is 1. The number of aromatic nitrogens is 1. The lowest BCUT2D eigenvalue weighted by Crippen LogP contribution is -2.41. The summed E-state index contributed by atoms with van der Waals surface area (Å²) in [6.45, 7) is 3.55. The minimum Gasteiger partial charge on any atom is -0.461 e. The van der Waals surface area contributed by atoms with Gasteiger partial charge in [-0.05, 0) is 19.4 Å². The monoisotopic (exact) mass is 377 g/mol. The van der Waals surface area contributed by atoms with Crippen molar-refractivity contribution < 1.29 is 23.9 Å². The third-order valence-electron chi connectivity index (χ3n) is 3.16. The van der Waals surface area contributed by atoms with Gasteiger partial charge in [0.1, 0.15) is 12.6 Å². The zero-order chi connectivity index (χ0) is 18.9. The number of carbonyl (C=O) groups excluding carboxylic acids is 3. The third kappa shape index (κ3) is 5.85. The summed E-state index contributed by atoms with van der Waals surface area (Å²) in [5.41, 5.74) is 0.962. The van der Waals surface area contributed by atoms with Gasteiger partial charge < -0.3 is 20.1 Å². The van der Waals surface area contributed by atoms with Gasteiger partial charge in [0.2, 0.25) is 5.91 Å². The van der Waals surface area contributed by atoms with E-state index in [9.17, 15) is 14.4 Å². The molecule has 0 aliphatic rings. The number of hydrogen-bond acceptors (Lipinski definition) is 7. The molecule has 0 unspecified atom stereocenters. The van der Waals surface area contributed by atoms with Crippen molar-refractivity contribution in [2.24, 2.45) is 0 Å². The highest BCUT2D eigenvalue weighted by atomic mass is 32.1. The van der Waals surface area contributed by atoms with Crippen molar-refractivity contribution in [1.82, 2.24) is 10.3 Å². The molecule has 0 aliphatic carbocycles. The molecule has 2 rings (SSSR count). The number of anilines is 1. The third-order valence-corrected chi connectivity index (χ3v) is 3.92. The smallest absolute Gasteiger partial charge is 0.408 e. The Bertz CT molecular complexity index is 763. The zero-order valence-electron chi connectivity index (χ0n) is 14.4. The van der Waals surface area contributed by atoms with Gasteiger partial charge in [-0.15, -0.1) is 11.3 Å². The van der Waals surface area contributed by atoms with Crippen molar-refractivity contribution in [3.05, 3.63) is 47.0 Å². The number of alkyl carbamates (subject to hydrolysis) is 1. The summed E-state index contributed by atoms with van der Waals surface area (Å²) >= 11 is 1.09. The SMILES string of the molecule is CCOC(=O)c1csc(NC(=O)[C@H](C)NC(=O)OCc2ccccc2)n1. The first-order valence-electron chi connectivity index (χ1n) is 7.90. The molecule has 2 amide bonds. The molecule has 0 aliphatic heterocycles. The van der Waals surface area contributed by atoms with Crippen LogP contribution in [-0.2, 0) is 20.9 Å². The maximum Gasteiger partial charge on any atom is 0.408 e. The Kier molecular flexibility index (Phi) is 7.10. The predicted octanol–water partition coefficient (Wildman–Crippen LogP) is 2.57. The summed E-state index contributed by atoms with van der Waals surface area (Å²) in [6.07, 6.45) is -0.706. The quantitative estimate of drug-likeness (QED) is 0.718. The number of ether oxygens (including phenoxy) is 2. The van der Waals surface area contributed by atoms with Crippen LogP contribution in [0, 0.1) is 0 Å². The molecular weight excluding hydrogens is 358 g/mol. The fourth-order valence-electron chi connectivity index (χ4n) is 1.85. The maximum absolute atomic E-state index is 12.1. The summed E-state index contributed by atoms with van der Waals surface area (Å²) in [6, 6.07) is 8.35. The lowest BCUT2D eigenvalue weighted by Gasteiger charge is -2.13. The van der Waals surface area contributed by atoms with E-state index in [2.05, 4.69) is 15.6 Å². The predicted molar refractivity (Wildman–Crippen MR) is 95.9 cm³/mol. The molecule has 0 saturated heterocycles. The number of thiazole rings is 1. The molecule has 0 fully saturated rings. The van der Waals surface area contributed by atoms with Gasteiger partial charge >= 0.3 is 12.1 Å². The Morgan fingerprint density at radius 1 is 1.19 bits per heavy atom. The highest BCUT2D eigenvalue weighted by molar-refractivity contribution is 7.14. The molecule has 0 saturated carbocycles. The van der Waals surface area contributed by atoms with Crippen LogP contribution in [0.3, 0.4) is 0 Å². The van der Waals surface area contributed by atoms with E-state index in [0.717, 1.165) is 16.9 Å². The first-order chi connectivity index (χ1) is 12.5. The largest absolute Gasteiger partial charge is 0.461 e. The molecule has 2 N–H and O–H groups in total. The van der Waals surface area contributed by atoms with Crippen molar-refractivity contribution in [3.8, 4) is 0 Å². The molecule has 1 atom stereocenters. The molecule has 2 aromatic rings. The van der Waals surface area contributed by atoms with Crippen LogP contribution in [0.4, 0.5) is 9.93 Å². The lowest BCUT2D eigenvalue weighted by atomic mass is 10.2. The summed E-state index contributed by atoms with van der Waals surface area (Å²) < 4.78 is 9.89. The standard InChI is InChI=1S/C17H19N3O5S/c1-3-24-15(22)13-10-26-16(19-13)20-14(21)11(2)18-17(23)25-9-12-7-5-4-6-8-12/h4-8,10-11H,3,9H2,1-2H3,(H,18,23)(H,19,20,21)/t11-/m0/s1. The van der Waals surface area contributed by atoms with E-state index in [4.69, 9.17) is 9.47 Å². The number of nitrogens with one attached hydrogen (secondary N) is 2. The van der Waals surface area contributed by atoms with Crippen molar-refractivity contribution in [1.29, 1.82) is 0 Å². The van der Waals surface area contributed by atoms with E-state index in [1.807, 2.05) is 30.3 Å². The van der Waals surface area contributed by atoms with Crippen LogP contribution in [0.25, 0.3) is 0 Å². The summed E-state index contributed by atoms with van der Waals surface area (Å²) in [5, 5.41) is 6.69. The second kappa shape index (κ2) is 9.52. The van der Waals surface area contributed by atoms with Crippen molar-refractivity contribution in [3.63, 3.8) is 0 Å². The molecule has 9 heteroatoms. The maximum atomic E-state index is 12.1. The Morgan fingerprint density at radius 3 is 2.62 bits per heavy atom. The zero-order valence-corrected chi connectivity index (χ0v) is 15.2. The van der Waals surface area contributed by atoms with E-state index in [0.29, 0.717) is 0 Å². The Hall–Kier alpha value is -2.94. The number of esters is 1. The number of carbonyl (C=O) groups is 3. The highest BCUT2D eigenvalue weighted by Gasteiger charge is 2.19. The fraction of sp³-hybridized carbons (Fsp3) is 0.294. The van der Waals surface area contributed by atoms with Gasteiger partial charge in [-0.2, -0.15) is 0 Å². The topological polar surface area (TPSA) is 107 Å². The molecule has 0 radical (unpaired) electrons. The molecule has 1 heterocycles. The lowest BCUT2D eigenvalue weighted by molar-refractivity contribution is -0.117. The molecule has 138 valence electrons. The van der Waals surface area contributed by atoms with E-state index in [1.54, 1.807) is 6.92 Å². The number of rotatable bonds is 7. The van der Waals surface area contributed by atoms with Crippen LogP contribution in [-0.4, -0.2) is 35.6 Å². The average Bonchev–Trinajstić information content (AvgIpc) is 3.09. The highest BCUT2D eigenvalue weighted by Crippen LogP contribution is 2.16. The Balaban J connectivity index is 1.79. The van der Waals surface area contributed by atoms with Crippen LogP contribution < -0.4 is 10.6 Å². The number of nitrogens with zero attached hydrogens (tertiary/aromatic N) is 1. The van der Waals surface area contributed by atoms with Gasteiger partial charge in [0.05, 0.1) is 6.61 Å². The van der Waals surface area contributed by atoms with E-state index in [1.165, 1.54) is 12.3 Å². The van der Waals surface area contributed by atoms with E-state index in [-0.39, 0.29) is 24.0 Å². The van der Waals surface area contributed by atoms with E-state index >= 15 is 0 Å². The Labute approximate surface area is 154 Å². The first kappa shape index (κ1) is 19.4. The van der Waals surface area contributed by atoms with Crippen LogP contribution in [0.5, 0.6) is 0 Å². The van der Waals surface area contributed by atoms with Crippen LogP contribution >= 0.6 is 11.3 Å². The van der Waals surface area contributed by atoms with Gasteiger partial charge in [0, 0.05) is 5.38 Å². The Morgan fingerprint density at radius 2 is 1.92 bits per heavy atom.